The third-order valence-corrected chi connectivity index (χ3v) is 3.02. The zero-order valence-electron chi connectivity index (χ0n) is 11.1. The van der Waals surface area contributed by atoms with Crippen LogP contribution in [0.3, 0.4) is 0 Å². The highest BCUT2D eigenvalue weighted by Gasteiger charge is 2.09. The number of hydrogen-bond donors (Lipinski definition) is 3. The van der Waals surface area contributed by atoms with Gasteiger partial charge in [-0.15, -0.1) is 0 Å². The number of carbonyl (C=O) groups excluding carboxylic acids is 1. The number of benzene rings is 2. The summed E-state index contributed by atoms with van der Waals surface area (Å²) in [5.74, 6) is -0.121. The van der Waals surface area contributed by atoms with Crippen LogP contribution in [0.25, 0.3) is 0 Å². The van der Waals surface area contributed by atoms with Crippen molar-refractivity contribution in [2.45, 2.75) is 12.5 Å². The summed E-state index contributed by atoms with van der Waals surface area (Å²) in [5.41, 5.74) is 7.95. The van der Waals surface area contributed by atoms with Gasteiger partial charge in [-0.3, -0.25) is 4.79 Å². The van der Waals surface area contributed by atoms with Crippen molar-refractivity contribution in [2.75, 3.05) is 12.3 Å². The van der Waals surface area contributed by atoms with E-state index < -0.39 is 6.10 Å². The van der Waals surface area contributed by atoms with Gasteiger partial charge >= 0.3 is 0 Å². The molecule has 0 aliphatic heterocycles. The molecule has 20 heavy (non-hydrogen) atoms. The van der Waals surface area contributed by atoms with E-state index in [-0.39, 0.29) is 18.9 Å². The number of hydrogen-bond acceptors (Lipinski definition) is 3. The van der Waals surface area contributed by atoms with Crippen LogP contribution in [0.4, 0.5) is 5.69 Å². The van der Waals surface area contributed by atoms with Crippen LogP contribution in [0.2, 0.25) is 0 Å². The van der Waals surface area contributed by atoms with Gasteiger partial charge in [0.15, 0.2) is 0 Å². The fourth-order valence-corrected chi connectivity index (χ4v) is 1.89. The molecule has 0 saturated heterocycles. The molecule has 0 spiro atoms. The minimum Gasteiger partial charge on any atom is -0.399 e. The molecule has 0 aliphatic carbocycles. The van der Waals surface area contributed by atoms with Gasteiger partial charge in [-0.2, -0.15) is 0 Å². The topological polar surface area (TPSA) is 75.4 Å². The Morgan fingerprint density at radius 3 is 2.40 bits per heavy atom. The number of nitrogens with two attached hydrogens (primary N) is 1. The zero-order valence-corrected chi connectivity index (χ0v) is 11.1. The predicted octanol–water partition coefficient (Wildman–Crippen LogP) is 1.66. The van der Waals surface area contributed by atoms with Gasteiger partial charge in [0.05, 0.1) is 12.5 Å². The second kappa shape index (κ2) is 6.73. The summed E-state index contributed by atoms with van der Waals surface area (Å²) in [6.07, 6.45) is -0.409. The lowest BCUT2D eigenvalue weighted by Crippen LogP contribution is -2.29. The summed E-state index contributed by atoms with van der Waals surface area (Å²) in [6, 6.07) is 16.4. The second-order valence-electron chi connectivity index (χ2n) is 4.65. The molecular formula is C16H18N2O2. The molecule has 0 heterocycles. The van der Waals surface area contributed by atoms with Crippen molar-refractivity contribution in [1.29, 1.82) is 0 Å². The number of carbonyl (C=O) groups is 1. The first-order chi connectivity index (χ1) is 9.65. The van der Waals surface area contributed by atoms with Crippen molar-refractivity contribution in [1.82, 2.24) is 5.32 Å². The van der Waals surface area contributed by atoms with Gasteiger partial charge in [0, 0.05) is 12.2 Å². The van der Waals surface area contributed by atoms with Gasteiger partial charge in [0.2, 0.25) is 5.91 Å². The van der Waals surface area contributed by atoms with Crippen LogP contribution in [0.15, 0.2) is 54.6 Å². The highest BCUT2D eigenvalue weighted by Crippen LogP contribution is 2.11. The average molecular weight is 270 g/mol. The van der Waals surface area contributed by atoms with E-state index in [2.05, 4.69) is 5.32 Å². The third kappa shape index (κ3) is 4.10. The van der Waals surface area contributed by atoms with Gasteiger partial charge in [-0.05, 0) is 23.3 Å². The van der Waals surface area contributed by atoms with Crippen LogP contribution < -0.4 is 11.1 Å². The first kappa shape index (κ1) is 14.1. The number of nitrogens with one attached hydrogen (secondary N) is 1. The molecule has 0 fully saturated rings. The number of aliphatic hydroxyl groups excluding tert-OH is 1. The minimum absolute atomic E-state index is 0.121. The number of aliphatic hydroxyl groups is 1. The fourth-order valence-electron chi connectivity index (χ4n) is 1.89. The van der Waals surface area contributed by atoms with E-state index in [1.807, 2.05) is 42.5 Å². The van der Waals surface area contributed by atoms with E-state index in [1.165, 1.54) is 0 Å². The summed E-state index contributed by atoms with van der Waals surface area (Å²) in [7, 11) is 0. The Hall–Kier alpha value is -2.33. The Morgan fingerprint density at radius 2 is 1.75 bits per heavy atom. The molecule has 4 heteroatoms. The van der Waals surface area contributed by atoms with Crippen LogP contribution >= 0.6 is 0 Å². The van der Waals surface area contributed by atoms with Crippen LogP contribution in [-0.4, -0.2) is 17.6 Å². The molecule has 0 unspecified atom stereocenters. The van der Waals surface area contributed by atoms with Crippen LogP contribution in [0.5, 0.6) is 0 Å². The Balaban J connectivity index is 1.82. The molecule has 0 aliphatic rings. The number of nitrogen functional groups attached to an aromatic ring is 1. The molecule has 4 N–H and O–H groups in total. The van der Waals surface area contributed by atoms with E-state index in [9.17, 15) is 9.90 Å². The van der Waals surface area contributed by atoms with Gasteiger partial charge in [0.1, 0.15) is 0 Å². The standard InChI is InChI=1S/C16H18N2O2/c17-14-8-6-12(7-9-14)10-16(20)18-11-15(19)13-4-2-1-3-5-13/h1-9,15,19H,10-11,17H2,(H,18,20)/t15-/m0/s1. The second-order valence-corrected chi connectivity index (χ2v) is 4.65. The predicted molar refractivity (Wildman–Crippen MR) is 79.0 cm³/mol. The maximum absolute atomic E-state index is 11.8. The average Bonchev–Trinajstić information content (AvgIpc) is 2.48. The zero-order chi connectivity index (χ0) is 14.4. The van der Waals surface area contributed by atoms with Gasteiger partial charge in [-0.1, -0.05) is 42.5 Å². The summed E-state index contributed by atoms with van der Waals surface area (Å²) >= 11 is 0. The molecule has 104 valence electrons. The maximum atomic E-state index is 11.8. The normalized spacial score (nSPS) is 11.8. The monoisotopic (exact) mass is 270 g/mol. The van der Waals surface area contributed by atoms with Gasteiger partial charge in [-0.25, -0.2) is 0 Å². The van der Waals surface area contributed by atoms with E-state index in [1.54, 1.807) is 12.1 Å². The number of anilines is 1. The Morgan fingerprint density at radius 1 is 1.10 bits per heavy atom. The van der Waals surface area contributed by atoms with Crippen molar-refractivity contribution < 1.29 is 9.90 Å². The first-order valence-corrected chi connectivity index (χ1v) is 6.49. The Kier molecular flexibility index (Phi) is 4.74. The lowest BCUT2D eigenvalue weighted by atomic mass is 10.1. The first-order valence-electron chi connectivity index (χ1n) is 6.49. The molecule has 0 aromatic heterocycles. The summed E-state index contributed by atoms with van der Waals surface area (Å²) in [4.78, 5) is 11.8. The van der Waals surface area contributed by atoms with Crippen molar-refractivity contribution in [3.05, 3.63) is 65.7 Å². The van der Waals surface area contributed by atoms with E-state index in [0.717, 1.165) is 11.1 Å². The highest BCUT2D eigenvalue weighted by atomic mass is 16.3. The maximum Gasteiger partial charge on any atom is 0.224 e. The summed E-state index contributed by atoms with van der Waals surface area (Å²) in [5, 5.41) is 12.7. The molecule has 0 radical (unpaired) electrons. The van der Waals surface area contributed by atoms with E-state index in [4.69, 9.17) is 5.73 Å². The third-order valence-electron chi connectivity index (χ3n) is 3.02. The van der Waals surface area contributed by atoms with Crippen LogP contribution in [0.1, 0.15) is 17.2 Å². The van der Waals surface area contributed by atoms with Crippen molar-refractivity contribution in [2.24, 2.45) is 0 Å². The quantitative estimate of drug-likeness (QED) is 0.723. The van der Waals surface area contributed by atoms with Crippen LogP contribution in [0, 0.1) is 0 Å². The largest absolute Gasteiger partial charge is 0.399 e. The van der Waals surface area contributed by atoms with Crippen molar-refractivity contribution >= 4 is 11.6 Å². The van der Waals surface area contributed by atoms with E-state index >= 15 is 0 Å². The smallest absolute Gasteiger partial charge is 0.224 e. The molecule has 2 aromatic rings. The molecule has 1 atom stereocenters. The van der Waals surface area contributed by atoms with Gasteiger partial charge < -0.3 is 16.2 Å². The van der Waals surface area contributed by atoms with E-state index in [0.29, 0.717) is 5.69 Å². The van der Waals surface area contributed by atoms with Gasteiger partial charge in [0.25, 0.3) is 0 Å². The molecule has 4 nitrogen and oxygen atoms in total. The molecule has 2 rings (SSSR count). The molecule has 1 amide bonds. The van der Waals surface area contributed by atoms with Crippen molar-refractivity contribution in [3.8, 4) is 0 Å². The van der Waals surface area contributed by atoms with Crippen LogP contribution in [-0.2, 0) is 11.2 Å². The molecule has 2 aromatic carbocycles. The van der Waals surface area contributed by atoms with Crippen molar-refractivity contribution in [3.63, 3.8) is 0 Å². The Bertz CT molecular complexity index is 552. The molecular weight excluding hydrogens is 252 g/mol. The fraction of sp³-hybridized carbons (Fsp3) is 0.188. The number of amides is 1. The minimum atomic E-state index is -0.688. The summed E-state index contributed by atoms with van der Waals surface area (Å²) in [6.45, 7) is 0.206. The Labute approximate surface area is 118 Å². The number of rotatable bonds is 5. The lowest BCUT2D eigenvalue weighted by Gasteiger charge is -2.12. The SMILES string of the molecule is Nc1ccc(CC(=O)NC[C@H](O)c2ccccc2)cc1. The lowest BCUT2D eigenvalue weighted by molar-refractivity contribution is -0.120. The molecule has 0 saturated carbocycles. The summed E-state index contributed by atoms with van der Waals surface area (Å²) < 4.78 is 0. The highest BCUT2D eigenvalue weighted by molar-refractivity contribution is 5.78. The molecule has 0 bridgehead atoms.